The van der Waals surface area contributed by atoms with Crippen LogP contribution in [0.1, 0.15) is 30.2 Å². The minimum Gasteiger partial charge on any atom is -0.493 e. The number of aryl methyl sites for hydroxylation is 1. The third kappa shape index (κ3) is 2.57. The first-order chi connectivity index (χ1) is 9.62. The number of hydrogen-bond acceptors (Lipinski definition) is 6. The van der Waals surface area contributed by atoms with Crippen LogP contribution in [0.5, 0.6) is 11.5 Å². The predicted octanol–water partition coefficient (Wildman–Crippen LogP) is 2.35. The maximum atomic E-state index is 6.31. The lowest BCUT2D eigenvalue weighted by Gasteiger charge is -2.15. The summed E-state index contributed by atoms with van der Waals surface area (Å²) in [6, 6.07) is 2.91. The number of methoxy groups -OCH3 is 2. The summed E-state index contributed by atoms with van der Waals surface area (Å²) < 4.78 is 15.5. The first-order valence-electron chi connectivity index (χ1n) is 6.10. The number of nitrogens with two attached hydrogens (primary N) is 1. The van der Waals surface area contributed by atoms with Crippen LogP contribution in [0.25, 0.3) is 0 Å². The second kappa shape index (κ2) is 6.11. The first-order valence-corrected chi connectivity index (χ1v) is 6.48. The summed E-state index contributed by atoms with van der Waals surface area (Å²) in [7, 11) is 3.06. The van der Waals surface area contributed by atoms with Crippen LogP contribution in [0.2, 0.25) is 5.02 Å². The van der Waals surface area contributed by atoms with E-state index in [1.165, 1.54) is 7.11 Å². The highest BCUT2D eigenvalue weighted by Crippen LogP contribution is 2.39. The average molecular weight is 298 g/mol. The van der Waals surface area contributed by atoms with Crippen molar-refractivity contribution in [3.8, 4) is 11.5 Å². The summed E-state index contributed by atoms with van der Waals surface area (Å²) >= 11 is 6.31. The maximum absolute atomic E-state index is 6.31. The van der Waals surface area contributed by atoms with Crippen molar-refractivity contribution in [1.82, 2.24) is 10.1 Å². The van der Waals surface area contributed by atoms with Gasteiger partial charge in [-0.3, -0.25) is 0 Å². The van der Waals surface area contributed by atoms with Crippen LogP contribution in [0.3, 0.4) is 0 Å². The third-order valence-corrected chi connectivity index (χ3v) is 3.30. The van der Waals surface area contributed by atoms with Gasteiger partial charge in [0.25, 0.3) is 0 Å². The summed E-state index contributed by atoms with van der Waals surface area (Å²) in [6.07, 6.45) is 0.652. The smallest absolute Gasteiger partial charge is 0.226 e. The van der Waals surface area contributed by atoms with E-state index in [-0.39, 0.29) is 0 Å². The number of rotatable bonds is 5. The fourth-order valence-electron chi connectivity index (χ4n) is 1.82. The Morgan fingerprint density at radius 1 is 1.35 bits per heavy atom. The molecule has 6 nitrogen and oxygen atoms in total. The van der Waals surface area contributed by atoms with Gasteiger partial charge in [0, 0.05) is 6.42 Å². The van der Waals surface area contributed by atoms with Crippen molar-refractivity contribution in [3.05, 3.63) is 34.4 Å². The molecule has 0 aliphatic rings. The van der Waals surface area contributed by atoms with Gasteiger partial charge in [0.1, 0.15) is 0 Å². The standard InChI is InChI=1S/C13H16ClN3O3/c1-4-9-16-13(17-20-9)11(15)7-5-6-8(18-2)12(19-3)10(7)14/h5-6,11H,4,15H2,1-3H3. The van der Waals surface area contributed by atoms with Crippen LogP contribution >= 0.6 is 11.6 Å². The molecule has 2 aromatic rings. The number of halogens is 1. The van der Waals surface area contributed by atoms with E-state index >= 15 is 0 Å². The van der Waals surface area contributed by atoms with E-state index in [1.54, 1.807) is 19.2 Å². The molecule has 108 valence electrons. The Hall–Kier alpha value is -1.79. The number of benzene rings is 1. The molecule has 0 saturated carbocycles. The molecule has 0 spiro atoms. The van der Waals surface area contributed by atoms with E-state index in [1.807, 2.05) is 6.92 Å². The molecule has 2 N–H and O–H groups in total. The van der Waals surface area contributed by atoms with Crippen LogP contribution in [0.4, 0.5) is 0 Å². The normalized spacial score (nSPS) is 12.2. The van der Waals surface area contributed by atoms with E-state index in [2.05, 4.69) is 10.1 Å². The Balaban J connectivity index is 2.41. The first kappa shape index (κ1) is 14.6. The van der Waals surface area contributed by atoms with E-state index < -0.39 is 6.04 Å². The number of nitrogens with zero attached hydrogens (tertiary/aromatic N) is 2. The van der Waals surface area contributed by atoms with Crippen LogP contribution < -0.4 is 15.2 Å². The lowest BCUT2D eigenvalue weighted by atomic mass is 10.1. The molecule has 1 unspecified atom stereocenters. The van der Waals surface area contributed by atoms with Crippen LogP contribution in [0, 0.1) is 0 Å². The molecule has 1 aromatic carbocycles. The monoisotopic (exact) mass is 297 g/mol. The van der Waals surface area contributed by atoms with Gasteiger partial charge in [-0.2, -0.15) is 4.98 Å². The molecule has 1 aromatic heterocycles. The molecule has 0 aliphatic heterocycles. The van der Waals surface area contributed by atoms with Crippen molar-refractivity contribution in [2.45, 2.75) is 19.4 Å². The summed E-state index contributed by atoms with van der Waals surface area (Å²) in [5.74, 6) is 1.89. The molecule has 0 aliphatic carbocycles. The second-order valence-electron chi connectivity index (χ2n) is 4.08. The molecular formula is C13H16ClN3O3. The summed E-state index contributed by atoms with van der Waals surface area (Å²) in [5, 5.41) is 4.24. The summed E-state index contributed by atoms with van der Waals surface area (Å²) in [6.45, 7) is 1.92. The third-order valence-electron chi connectivity index (χ3n) is 2.91. The van der Waals surface area contributed by atoms with Gasteiger partial charge in [0.15, 0.2) is 17.3 Å². The van der Waals surface area contributed by atoms with Gasteiger partial charge in [-0.05, 0) is 11.6 Å². The lowest BCUT2D eigenvalue weighted by molar-refractivity contribution is 0.354. The van der Waals surface area contributed by atoms with Crippen LogP contribution in [-0.2, 0) is 6.42 Å². The molecule has 0 saturated heterocycles. The molecular weight excluding hydrogens is 282 g/mol. The topological polar surface area (TPSA) is 83.4 Å². The van der Waals surface area contributed by atoms with E-state index in [9.17, 15) is 0 Å². The van der Waals surface area contributed by atoms with Gasteiger partial charge in [0.05, 0.1) is 25.3 Å². The minimum atomic E-state index is -0.591. The SMILES string of the molecule is CCc1nc(C(N)c2ccc(OC)c(OC)c2Cl)no1. The zero-order chi connectivity index (χ0) is 14.7. The average Bonchev–Trinajstić information content (AvgIpc) is 2.95. The molecule has 20 heavy (non-hydrogen) atoms. The molecule has 1 heterocycles. The summed E-state index contributed by atoms with van der Waals surface area (Å²) in [5.41, 5.74) is 6.78. The number of hydrogen-bond donors (Lipinski definition) is 1. The molecule has 0 amide bonds. The zero-order valence-corrected chi connectivity index (χ0v) is 12.3. The van der Waals surface area contributed by atoms with Gasteiger partial charge < -0.3 is 19.7 Å². The van der Waals surface area contributed by atoms with Crippen LogP contribution in [-0.4, -0.2) is 24.4 Å². The van der Waals surface area contributed by atoms with Gasteiger partial charge in [-0.1, -0.05) is 29.7 Å². The fourth-order valence-corrected chi connectivity index (χ4v) is 2.17. The Bertz CT molecular complexity index is 601. The van der Waals surface area contributed by atoms with E-state index in [4.69, 9.17) is 31.3 Å². The molecule has 7 heteroatoms. The Morgan fingerprint density at radius 2 is 2.10 bits per heavy atom. The predicted molar refractivity (Wildman–Crippen MR) is 74.3 cm³/mol. The van der Waals surface area contributed by atoms with Crippen molar-refractivity contribution in [3.63, 3.8) is 0 Å². The Labute approximate surface area is 121 Å². The molecule has 2 rings (SSSR count). The highest BCUT2D eigenvalue weighted by atomic mass is 35.5. The zero-order valence-electron chi connectivity index (χ0n) is 11.5. The highest BCUT2D eigenvalue weighted by Gasteiger charge is 2.22. The van der Waals surface area contributed by atoms with Crippen molar-refractivity contribution in [2.24, 2.45) is 5.73 Å². The van der Waals surface area contributed by atoms with Crippen molar-refractivity contribution >= 4 is 11.6 Å². The highest BCUT2D eigenvalue weighted by molar-refractivity contribution is 6.33. The fraction of sp³-hybridized carbons (Fsp3) is 0.385. The van der Waals surface area contributed by atoms with Crippen LogP contribution in [0.15, 0.2) is 16.7 Å². The molecule has 1 atom stereocenters. The Morgan fingerprint density at radius 3 is 2.65 bits per heavy atom. The molecule has 0 bridgehead atoms. The van der Waals surface area contributed by atoms with Crippen molar-refractivity contribution in [2.75, 3.05) is 14.2 Å². The number of ether oxygens (including phenoxy) is 2. The molecule has 0 radical (unpaired) electrons. The lowest BCUT2D eigenvalue weighted by Crippen LogP contribution is -2.14. The molecule has 0 fully saturated rings. The Kier molecular flexibility index (Phi) is 4.46. The number of aromatic nitrogens is 2. The van der Waals surface area contributed by atoms with Crippen molar-refractivity contribution < 1.29 is 14.0 Å². The van der Waals surface area contributed by atoms with Crippen molar-refractivity contribution in [1.29, 1.82) is 0 Å². The second-order valence-corrected chi connectivity index (χ2v) is 4.46. The maximum Gasteiger partial charge on any atom is 0.226 e. The van der Waals surface area contributed by atoms with Gasteiger partial charge in [-0.15, -0.1) is 0 Å². The van der Waals surface area contributed by atoms with E-state index in [0.29, 0.717) is 40.2 Å². The van der Waals surface area contributed by atoms with Gasteiger partial charge >= 0.3 is 0 Å². The van der Waals surface area contributed by atoms with Gasteiger partial charge in [0.2, 0.25) is 5.89 Å². The summed E-state index contributed by atoms with van der Waals surface area (Å²) in [4.78, 5) is 4.21. The quantitative estimate of drug-likeness (QED) is 0.912. The van der Waals surface area contributed by atoms with Gasteiger partial charge in [-0.25, -0.2) is 0 Å². The largest absolute Gasteiger partial charge is 0.493 e. The minimum absolute atomic E-state index is 0.377. The van der Waals surface area contributed by atoms with E-state index in [0.717, 1.165) is 0 Å².